The molecule has 1 amide bonds. The molecule has 0 saturated heterocycles. The average molecular weight is 424 g/mol. The topological polar surface area (TPSA) is 74.0 Å². The van der Waals surface area contributed by atoms with Gasteiger partial charge in [-0.2, -0.15) is 0 Å². The molecule has 0 radical (unpaired) electrons. The second-order valence-electron chi connectivity index (χ2n) is 6.81. The molecule has 31 heavy (non-hydrogen) atoms. The van der Waals surface area contributed by atoms with Crippen LogP contribution in [-0.2, 0) is 22.6 Å². The number of hydrogen-bond acceptors (Lipinski definition) is 5. The van der Waals surface area contributed by atoms with Crippen molar-refractivity contribution in [2.24, 2.45) is 0 Å². The van der Waals surface area contributed by atoms with Crippen LogP contribution in [0.4, 0.5) is 20.6 Å². The lowest BCUT2D eigenvalue weighted by Crippen LogP contribution is -2.32. The van der Waals surface area contributed by atoms with E-state index in [0.717, 1.165) is 11.1 Å². The highest BCUT2D eigenvalue weighted by Crippen LogP contribution is 2.30. The minimum absolute atomic E-state index is 0.138. The number of nitrogens with two attached hydrogens (primary N) is 1. The maximum absolute atomic E-state index is 13.0. The first-order chi connectivity index (χ1) is 15.1. The summed E-state index contributed by atoms with van der Waals surface area (Å²) in [5.41, 5.74) is 8.90. The standard InChI is InChI=1S/C24H25FN2O4/c1-29-13-14-30-24(28)27(16-18-5-3-2-4-6-18)23-12-11-21(15-22(23)26)31-17-19-7-9-20(25)10-8-19/h2-12,15H,13-14,16-17,26H2,1H3. The fourth-order valence-corrected chi connectivity index (χ4v) is 2.92. The van der Waals surface area contributed by atoms with Crippen molar-refractivity contribution in [1.29, 1.82) is 0 Å². The predicted octanol–water partition coefficient (Wildman–Crippen LogP) is 4.78. The number of hydrogen-bond donors (Lipinski definition) is 1. The second-order valence-corrected chi connectivity index (χ2v) is 6.81. The third-order valence-electron chi connectivity index (χ3n) is 4.53. The van der Waals surface area contributed by atoms with E-state index >= 15 is 0 Å². The zero-order valence-electron chi connectivity index (χ0n) is 17.3. The summed E-state index contributed by atoms with van der Waals surface area (Å²) in [6.45, 7) is 1.01. The van der Waals surface area contributed by atoms with Crippen molar-refractivity contribution in [2.75, 3.05) is 31.0 Å². The SMILES string of the molecule is COCCOC(=O)N(Cc1ccccc1)c1ccc(OCc2ccc(F)cc2)cc1N. The van der Waals surface area contributed by atoms with Gasteiger partial charge in [-0.25, -0.2) is 9.18 Å². The lowest BCUT2D eigenvalue weighted by atomic mass is 10.2. The number of methoxy groups -OCH3 is 1. The summed E-state index contributed by atoms with van der Waals surface area (Å²) >= 11 is 0. The number of halogens is 1. The largest absolute Gasteiger partial charge is 0.489 e. The quantitative estimate of drug-likeness (QED) is 0.395. The first-order valence-corrected chi connectivity index (χ1v) is 9.80. The summed E-state index contributed by atoms with van der Waals surface area (Å²) in [6.07, 6.45) is -0.521. The van der Waals surface area contributed by atoms with Crippen molar-refractivity contribution in [3.8, 4) is 5.75 Å². The fourth-order valence-electron chi connectivity index (χ4n) is 2.92. The van der Waals surface area contributed by atoms with Gasteiger partial charge < -0.3 is 19.9 Å². The van der Waals surface area contributed by atoms with E-state index in [9.17, 15) is 9.18 Å². The Bertz CT molecular complexity index is 981. The van der Waals surface area contributed by atoms with Gasteiger partial charge in [-0.1, -0.05) is 42.5 Å². The molecule has 2 N–H and O–H groups in total. The van der Waals surface area contributed by atoms with E-state index in [1.807, 2.05) is 30.3 Å². The summed E-state index contributed by atoms with van der Waals surface area (Å²) in [4.78, 5) is 14.2. The van der Waals surface area contributed by atoms with Crippen LogP contribution in [0.1, 0.15) is 11.1 Å². The summed E-state index contributed by atoms with van der Waals surface area (Å²) in [6, 6.07) is 20.7. The first-order valence-electron chi connectivity index (χ1n) is 9.80. The van der Waals surface area contributed by atoms with Gasteiger partial charge in [0.05, 0.1) is 24.5 Å². The Balaban J connectivity index is 1.75. The van der Waals surface area contributed by atoms with Crippen LogP contribution in [0.3, 0.4) is 0 Å². The summed E-state index contributed by atoms with van der Waals surface area (Å²) in [5, 5.41) is 0. The van der Waals surface area contributed by atoms with E-state index in [4.69, 9.17) is 19.9 Å². The molecule has 0 saturated carbocycles. The molecule has 0 spiro atoms. The van der Waals surface area contributed by atoms with Gasteiger partial charge >= 0.3 is 6.09 Å². The minimum atomic E-state index is -0.521. The molecule has 0 atom stereocenters. The van der Waals surface area contributed by atoms with Gasteiger partial charge in [0.2, 0.25) is 0 Å². The first kappa shape index (κ1) is 22.1. The molecule has 0 aromatic heterocycles. The molecule has 0 heterocycles. The van der Waals surface area contributed by atoms with Crippen LogP contribution < -0.4 is 15.4 Å². The monoisotopic (exact) mass is 424 g/mol. The van der Waals surface area contributed by atoms with Crippen LogP contribution in [-0.4, -0.2) is 26.4 Å². The Morgan fingerprint density at radius 3 is 2.39 bits per heavy atom. The highest BCUT2D eigenvalue weighted by molar-refractivity contribution is 5.91. The van der Waals surface area contributed by atoms with Gasteiger partial charge in [-0.3, -0.25) is 4.90 Å². The van der Waals surface area contributed by atoms with E-state index in [0.29, 0.717) is 30.3 Å². The summed E-state index contributed by atoms with van der Waals surface area (Å²) < 4.78 is 29.1. The summed E-state index contributed by atoms with van der Waals surface area (Å²) in [5.74, 6) is 0.242. The number of nitrogens with zero attached hydrogens (tertiary/aromatic N) is 1. The van der Waals surface area contributed by atoms with Crippen molar-refractivity contribution in [3.63, 3.8) is 0 Å². The third kappa shape index (κ3) is 6.45. The van der Waals surface area contributed by atoms with Crippen molar-refractivity contribution < 1.29 is 23.4 Å². The van der Waals surface area contributed by atoms with E-state index < -0.39 is 6.09 Å². The third-order valence-corrected chi connectivity index (χ3v) is 4.53. The smallest absolute Gasteiger partial charge is 0.414 e. The van der Waals surface area contributed by atoms with Gasteiger partial charge in [-0.05, 0) is 35.4 Å². The Kier molecular flexibility index (Phi) is 7.84. The number of ether oxygens (including phenoxy) is 3. The van der Waals surface area contributed by atoms with Crippen molar-refractivity contribution in [1.82, 2.24) is 0 Å². The van der Waals surface area contributed by atoms with Crippen molar-refractivity contribution >= 4 is 17.5 Å². The van der Waals surface area contributed by atoms with E-state index in [1.165, 1.54) is 24.1 Å². The van der Waals surface area contributed by atoms with Crippen LogP contribution >= 0.6 is 0 Å². The van der Waals surface area contributed by atoms with Gasteiger partial charge in [0.1, 0.15) is 24.8 Å². The molecule has 0 unspecified atom stereocenters. The lowest BCUT2D eigenvalue weighted by molar-refractivity contribution is 0.103. The average Bonchev–Trinajstić information content (AvgIpc) is 2.78. The predicted molar refractivity (Wildman–Crippen MR) is 117 cm³/mol. The van der Waals surface area contributed by atoms with E-state index in [1.54, 1.807) is 30.3 Å². The number of anilines is 2. The molecule has 0 fully saturated rings. The molecule has 0 aliphatic heterocycles. The van der Waals surface area contributed by atoms with Crippen LogP contribution in [0.2, 0.25) is 0 Å². The molecule has 3 rings (SSSR count). The highest BCUT2D eigenvalue weighted by Gasteiger charge is 2.20. The number of carbonyl (C=O) groups excluding carboxylic acids is 1. The molecule has 0 aliphatic rings. The molecular formula is C24H25FN2O4. The van der Waals surface area contributed by atoms with Gasteiger partial charge in [0.15, 0.2) is 0 Å². The van der Waals surface area contributed by atoms with Crippen molar-refractivity contribution in [2.45, 2.75) is 13.2 Å². The molecule has 0 bridgehead atoms. The van der Waals surface area contributed by atoms with E-state index in [2.05, 4.69) is 0 Å². The second kappa shape index (κ2) is 11.0. The molecular weight excluding hydrogens is 399 g/mol. The Labute approximate surface area is 181 Å². The van der Waals surface area contributed by atoms with Crippen LogP contribution in [0.15, 0.2) is 72.8 Å². The van der Waals surface area contributed by atoms with Gasteiger partial charge in [0.25, 0.3) is 0 Å². The molecule has 6 nitrogen and oxygen atoms in total. The lowest BCUT2D eigenvalue weighted by Gasteiger charge is -2.24. The molecule has 7 heteroatoms. The number of benzene rings is 3. The van der Waals surface area contributed by atoms with Crippen molar-refractivity contribution in [3.05, 3.63) is 89.7 Å². The fraction of sp³-hybridized carbons (Fsp3) is 0.208. The zero-order chi connectivity index (χ0) is 22.1. The van der Waals surface area contributed by atoms with Gasteiger partial charge in [-0.15, -0.1) is 0 Å². The number of carbonyl (C=O) groups is 1. The molecule has 0 aliphatic carbocycles. The van der Waals surface area contributed by atoms with Crippen LogP contribution in [0, 0.1) is 5.82 Å². The minimum Gasteiger partial charge on any atom is -0.489 e. The van der Waals surface area contributed by atoms with E-state index in [-0.39, 0.29) is 19.0 Å². The Morgan fingerprint density at radius 1 is 0.968 bits per heavy atom. The Morgan fingerprint density at radius 2 is 1.71 bits per heavy atom. The maximum atomic E-state index is 13.0. The summed E-state index contributed by atoms with van der Waals surface area (Å²) in [7, 11) is 1.54. The molecule has 3 aromatic rings. The normalized spacial score (nSPS) is 10.5. The zero-order valence-corrected chi connectivity index (χ0v) is 17.3. The molecule has 3 aromatic carbocycles. The highest BCUT2D eigenvalue weighted by atomic mass is 19.1. The maximum Gasteiger partial charge on any atom is 0.414 e. The van der Waals surface area contributed by atoms with Gasteiger partial charge in [0, 0.05) is 13.2 Å². The van der Waals surface area contributed by atoms with Crippen LogP contribution in [0.5, 0.6) is 5.75 Å². The Hall–Kier alpha value is -3.58. The number of amides is 1. The molecule has 162 valence electrons. The van der Waals surface area contributed by atoms with Crippen LogP contribution in [0.25, 0.3) is 0 Å². The number of rotatable bonds is 9. The number of nitrogen functional groups attached to an aromatic ring is 1.